The molecule has 0 unspecified atom stereocenters. The monoisotopic (exact) mass is 361 g/mol. The van der Waals surface area contributed by atoms with Crippen LogP contribution in [0, 0.1) is 0 Å². The average Bonchev–Trinajstić information content (AvgIpc) is 2.44. The fourth-order valence-electron chi connectivity index (χ4n) is 2.09. The fourth-order valence-corrected chi connectivity index (χ4v) is 3.67. The highest BCUT2D eigenvalue weighted by molar-refractivity contribution is 7.91. The molecule has 23 heavy (non-hydrogen) atoms. The van der Waals surface area contributed by atoms with Crippen LogP contribution < -0.4 is 5.32 Å². The van der Waals surface area contributed by atoms with Crippen LogP contribution >= 0.6 is 11.6 Å². The van der Waals surface area contributed by atoms with E-state index in [-0.39, 0.29) is 40.1 Å². The number of hydrogen-bond donors (Lipinski definition) is 2. The van der Waals surface area contributed by atoms with E-state index < -0.39 is 9.84 Å². The zero-order chi connectivity index (χ0) is 17.8. The minimum absolute atomic E-state index is 0.0238. The number of carbonyl (C=O) groups excluding carboxylic acids is 1. The molecule has 0 aliphatic rings. The first-order valence-corrected chi connectivity index (χ1v) is 9.63. The smallest absolute Gasteiger partial charge is 0.235 e. The first kappa shape index (κ1) is 19.8. The third-order valence-corrected chi connectivity index (χ3v) is 5.59. The summed E-state index contributed by atoms with van der Waals surface area (Å²) >= 11 is 5.44. The molecule has 0 heterocycles. The van der Waals surface area contributed by atoms with Gasteiger partial charge < -0.3 is 10.4 Å². The summed E-state index contributed by atoms with van der Waals surface area (Å²) in [6.45, 7) is 7.66. The summed E-state index contributed by atoms with van der Waals surface area (Å²) in [5.74, 6) is -0.922. The summed E-state index contributed by atoms with van der Waals surface area (Å²) in [5.41, 5.74) is 0.848. The molecule has 0 aliphatic carbocycles. The summed E-state index contributed by atoms with van der Waals surface area (Å²) in [5, 5.41) is 12.9. The standard InChI is InChI=1S/C16H24ClNO4S/c1-5-6-23(21,22)13-8-12(16(2,3)4)7-11(15(13)20)10-18-14(19)9-17/h7-8,20H,5-6,9-10H2,1-4H3,(H,18,19). The van der Waals surface area contributed by atoms with Gasteiger partial charge in [0.2, 0.25) is 5.91 Å². The summed E-state index contributed by atoms with van der Waals surface area (Å²) in [7, 11) is -3.58. The van der Waals surface area contributed by atoms with Crippen molar-refractivity contribution in [1.29, 1.82) is 0 Å². The first-order chi connectivity index (χ1) is 10.5. The zero-order valence-electron chi connectivity index (χ0n) is 13.9. The predicted molar refractivity (Wildman–Crippen MR) is 91.7 cm³/mol. The van der Waals surface area contributed by atoms with Crippen LogP contribution in [0.25, 0.3) is 0 Å². The highest BCUT2D eigenvalue weighted by atomic mass is 35.5. The Kier molecular flexibility index (Phi) is 6.48. The Balaban J connectivity index is 3.43. The topological polar surface area (TPSA) is 83.5 Å². The lowest BCUT2D eigenvalue weighted by Gasteiger charge is -2.22. The van der Waals surface area contributed by atoms with Crippen molar-refractivity contribution in [2.75, 3.05) is 11.6 Å². The second kappa shape index (κ2) is 7.53. The van der Waals surface area contributed by atoms with E-state index in [1.165, 1.54) is 6.07 Å². The van der Waals surface area contributed by atoms with Gasteiger partial charge in [-0.2, -0.15) is 0 Å². The molecule has 0 radical (unpaired) electrons. The number of amides is 1. The molecule has 0 saturated heterocycles. The second-order valence-corrected chi connectivity index (χ2v) is 8.81. The maximum absolute atomic E-state index is 12.4. The molecule has 1 aromatic rings. The highest BCUT2D eigenvalue weighted by Crippen LogP contribution is 2.34. The van der Waals surface area contributed by atoms with Gasteiger partial charge in [0, 0.05) is 12.1 Å². The van der Waals surface area contributed by atoms with Gasteiger partial charge in [0.15, 0.2) is 9.84 Å². The van der Waals surface area contributed by atoms with Gasteiger partial charge in [-0.25, -0.2) is 8.42 Å². The summed E-state index contributed by atoms with van der Waals surface area (Å²) < 4.78 is 24.8. The van der Waals surface area contributed by atoms with Gasteiger partial charge in [0.05, 0.1) is 5.75 Å². The first-order valence-electron chi connectivity index (χ1n) is 7.44. The number of phenols is 1. The van der Waals surface area contributed by atoms with Crippen molar-refractivity contribution >= 4 is 27.3 Å². The normalized spacial score (nSPS) is 12.2. The number of sulfone groups is 1. The van der Waals surface area contributed by atoms with Crippen LogP contribution in [0.4, 0.5) is 0 Å². The molecule has 0 aromatic heterocycles. The van der Waals surface area contributed by atoms with Crippen molar-refractivity contribution in [3.8, 4) is 5.75 Å². The van der Waals surface area contributed by atoms with Crippen molar-refractivity contribution in [2.24, 2.45) is 0 Å². The van der Waals surface area contributed by atoms with Gasteiger partial charge in [-0.15, -0.1) is 11.6 Å². The summed E-state index contributed by atoms with van der Waals surface area (Å²) in [4.78, 5) is 11.2. The SMILES string of the molecule is CCCS(=O)(=O)c1cc(C(C)(C)C)cc(CNC(=O)CCl)c1O. The molecule has 0 fully saturated rings. The lowest BCUT2D eigenvalue weighted by molar-refractivity contribution is -0.118. The largest absolute Gasteiger partial charge is 0.506 e. The number of phenolic OH excluding ortho intramolecular Hbond substituents is 1. The van der Waals surface area contributed by atoms with Crippen LogP contribution in [0.3, 0.4) is 0 Å². The van der Waals surface area contributed by atoms with E-state index in [9.17, 15) is 18.3 Å². The molecule has 1 rings (SSSR count). The Morgan fingerprint density at radius 1 is 1.30 bits per heavy atom. The van der Waals surface area contributed by atoms with Gasteiger partial charge in [0.1, 0.15) is 16.5 Å². The third-order valence-electron chi connectivity index (χ3n) is 3.43. The second-order valence-electron chi connectivity index (χ2n) is 6.46. The molecule has 1 amide bonds. The van der Waals surface area contributed by atoms with Crippen LogP contribution in [-0.2, 0) is 26.6 Å². The van der Waals surface area contributed by atoms with E-state index in [4.69, 9.17) is 11.6 Å². The molecule has 0 bridgehead atoms. The molecule has 0 atom stereocenters. The Morgan fingerprint density at radius 3 is 2.39 bits per heavy atom. The minimum Gasteiger partial charge on any atom is -0.506 e. The number of alkyl halides is 1. The van der Waals surface area contributed by atoms with Crippen LogP contribution in [0.1, 0.15) is 45.2 Å². The number of halogens is 1. The van der Waals surface area contributed by atoms with Gasteiger partial charge in [-0.1, -0.05) is 27.7 Å². The maximum atomic E-state index is 12.4. The van der Waals surface area contributed by atoms with E-state index in [0.717, 1.165) is 5.56 Å². The van der Waals surface area contributed by atoms with Crippen molar-refractivity contribution in [3.05, 3.63) is 23.3 Å². The molecule has 0 aliphatic heterocycles. The summed E-state index contributed by atoms with van der Waals surface area (Å²) in [6.07, 6.45) is 0.458. The van der Waals surface area contributed by atoms with Gasteiger partial charge in [-0.3, -0.25) is 4.79 Å². The quantitative estimate of drug-likeness (QED) is 0.763. The van der Waals surface area contributed by atoms with E-state index in [1.54, 1.807) is 13.0 Å². The number of hydrogen-bond acceptors (Lipinski definition) is 4. The van der Waals surface area contributed by atoms with Gasteiger partial charge in [-0.05, 0) is 29.5 Å². The predicted octanol–water partition coefficient (Wildman–Crippen LogP) is 2.73. The van der Waals surface area contributed by atoms with Crippen molar-refractivity contribution in [1.82, 2.24) is 5.32 Å². The molecule has 0 spiro atoms. The lowest BCUT2D eigenvalue weighted by atomic mass is 9.86. The minimum atomic E-state index is -3.58. The zero-order valence-corrected chi connectivity index (χ0v) is 15.5. The van der Waals surface area contributed by atoms with Crippen LogP contribution in [0.5, 0.6) is 5.75 Å². The van der Waals surface area contributed by atoms with Crippen LogP contribution in [0.15, 0.2) is 17.0 Å². The maximum Gasteiger partial charge on any atom is 0.235 e. The van der Waals surface area contributed by atoms with Crippen LogP contribution in [-0.4, -0.2) is 31.1 Å². The number of nitrogens with one attached hydrogen (secondary N) is 1. The molecule has 7 heteroatoms. The van der Waals surface area contributed by atoms with Crippen molar-refractivity contribution < 1.29 is 18.3 Å². The number of aromatic hydroxyl groups is 1. The average molecular weight is 362 g/mol. The molecule has 0 saturated carbocycles. The molecule has 1 aromatic carbocycles. The molecule has 2 N–H and O–H groups in total. The lowest BCUT2D eigenvalue weighted by Crippen LogP contribution is -2.24. The molecule has 5 nitrogen and oxygen atoms in total. The Hall–Kier alpha value is -1.27. The Bertz CT molecular complexity index is 678. The van der Waals surface area contributed by atoms with Crippen LogP contribution in [0.2, 0.25) is 0 Å². The number of rotatable bonds is 6. The Labute approximate surface area is 143 Å². The highest BCUT2D eigenvalue weighted by Gasteiger charge is 2.25. The Morgan fingerprint density at radius 2 is 1.91 bits per heavy atom. The molecule has 130 valence electrons. The van der Waals surface area contributed by atoms with E-state index in [1.807, 2.05) is 20.8 Å². The van der Waals surface area contributed by atoms with Gasteiger partial charge >= 0.3 is 0 Å². The molecular formula is C16H24ClNO4S. The fraction of sp³-hybridized carbons (Fsp3) is 0.562. The number of benzene rings is 1. The third kappa shape index (κ3) is 5.11. The number of carbonyl (C=O) groups is 1. The van der Waals surface area contributed by atoms with E-state index in [0.29, 0.717) is 12.0 Å². The van der Waals surface area contributed by atoms with Gasteiger partial charge in [0.25, 0.3) is 0 Å². The molecular weight excluding hydrogens is 338 g/mol. The van der Waals surface area contributed by atoms with E-state index >= 15 is 0 Å². The van der Waals surface area contributed by atoms with Crippen molar-refractivity contribution in [2.45, 2.75) is 51.0 Å². The van der Waals surface area contributed by atoms with Crippen molar-refractivity contribution in [3.63, 3.8) is 0 Å². The summed E-state index contributed by atoms with van der Waals surface area (Å²) in [6, 6.07) is 3.24. The van der Waals surface area contributed by atoms with E-state index in [2.05, 4.69) is 5.32 Å².